The van der Waals surface area contributed by atoms with Crippen LogP contribution < -0.4 is 0 Å². The molecule has 33 heavy (non-hydrogen) atoms. The molecule has 0 unspecified atom stereocenters. The van der Waals surface area contributed by atoms with E-state index in [-0.39, 0.29) is 31.6 Å². The Bertz CT molecular complexity index is 916. The molecular formula is C25H35NO7. The van der Waals surface area contributed by atoms with Gasteiger partial charge in [-0.15, -0.1) is 0 Å². The van der Waals surface area contributed by atoms with Crippen molar-refractivity contribution in [1.82, 2.24) is 4.90 Å². The predicted molar refractivity (Wildman–Crippen MR) is 122 cm³/mol. The summed E-state index contributed by atoms with van der Waals surface area (Å²) in [5.74, 6) is -1.08. The van der Waals surface area contributed by atoms with Crippen molar-refractivity contribution >= 4 is 17.9 Å². The lowest BCUT2D eigenvalue weighted by Gasteiger charge is -2.36. The Kier molecular flexibility index (Phi) is 8.64. The van der Waals surface area contributed by atoms with Gasteiger partial charge in [-0.3, -0.25) is 14.5 Å². The fourth-order valence-electron chi connectivity index (χ4n) is 5.17. The minimum Gasteiger partial charge on any atom is -0.459 e. The SMILES string of the molecule is CCCN1C(=O)[C@@H]2[C@@H](CC(COC)=C([C@H](O)CC/C(C)=C/c3ccc(CO)o3)[C@@H]2CO)C1=O. The predicted octanol–water partition coefficient (Wildman–Crippen LogP) is 2.28. The van der Waals surface area contributed by atoms with Crippen LogP contribution in [0.2, 0.25) is 0 Å². The molecule has 1 fully saturated rings. The molecule has 2 heterocycles. The van der Waals surface area contributed by atoms with Gasteiger partial charge in [0.25, 0.3) is 0 Å². The Balaban J connectivity index is 1.81. The average molecular weight is 462 g/mol. The van der Waals surface area contributed by atoms with Gasteiger partial charge in [-0.25, -0.2) is 0 Å². The standard InChI is InChI=1S/C25H35NO7/c1-4-9-26-24(30)19-11-16(14-32-3)22(20(13-28)23(19)25(26)31)21(29)8-5-15(2)10-17-6-7-18(12-27)33-17/h6-7,10,19-21,23,27-29H,4-5,8-9,11-14H2,1-3H3/b15-10+/t19-,20+,21-,23-/m1/s1. The summed E-state index contributed by atoms with van der Waals surface area (Å²) < 4.78 is 10.8. The van der Waals surface area contributed by atoms with Crippen LogP contribution in [0.3, 0.4) is 0 Å². The number of carbonyl (C=O) groups excluding carboxylic acids is 2. The van der Waals surface area contributed by atoms with Gasteiger partial charge < -0.3 is 24.5 Å². The molecule has 1 aliphatic carbocycles. The molecular weight excluding hydrogens is 426 g/mol. The maximum atomic E-state index is 13.1. The van der Waals surface area contributed by atoms with E-state index in [0.717, 1.165) is 11.1 Å². The van der Waals surface area contributed by atoms with Crippen molar-refractivity contribution in [3.8, 4) is 0 Å². The molecule has 182 valence electrons. The lowest BCUT2D eigenvalue weighted by atomic mass is 9.68. The van der Waals surface area contributed by atoms with Gasteiger partial charge in [0.1, 0.15) is 18.1 Å². The molecule has 0 bridgehead atoms. The van der Waals surface area contributed by atoms with Crippen LogP contribution >= 0.6 is 0 Å². The number of likely N-dealkylation sites (tertiary alicyclic amines) is 1. The largest absolute Gasteiger partial charge is 0.459 e. The lowest BCUT2D eigenvalue weighted by Crippen LogP contribution is -2.39. The number of furan rings is 1. The molecule has 1 aromatic rings. The number of nitrogens with zero attached hydrogens (tertiary/aromatic N) is 1. The van der Waals surface area contributed by atoms with Gasteiger partial charge in [0.15, 0.2) is 0 Å². The number of hydrogen-bond acceptors (Lipinski definition) is 7. The zero-order valence-electron chi connectivity index (χ0n) is 19.6. The Labute approximate surface area is 194 Å². The van der Waals surface area contributed by atoms with Gasteiger partial charge in [0, 0.05) is 19.6 Å². The Morgan fingerprint density at radius 2 is 2.06 bits per heavy atom. The topological polar surface area (TPSA) is 120 Å². The number of fused-ring (bicyclic) bond motifs is 1. The molecule has 0 aromatic carbocycles. The number of rotatable bonds is 11. The normalized spacial score (nSPS) is 24.6. The van der Waals surface area contributed by atoms with Crippen molar-refractivity contribution < 1.29 is 34.1 Å². The third-order valence-electron chi connectivity index (χ3n) is 6.64. The molecule has 0 saturated carbocycles. The maximum Gasteiger partial charge on any atom is 0.233 e. The van der Waals surface area contributed by atoms with Crippen molar-refractivity contribution in [3.63, 3.8) is 0 Å². The third kappa shape index (κ3) is 5.30. The Morgan fingerprint density at radius 3 is 2.67 bits per heavy atom. The molecule has 4 atom stereocenters. The molecule has 2 aliphatic rings. The highest BCUT2D eigenvalue weighted by Gasteiger charge is 2.54. The van der Waals surface area contributed by atoms with E-state index < -0.39 is 23.9 Å². The van der Waals surface area contributed by atoms with Crippen LogP contribution in [0.15, 0.2) is 33.3 Å². The first-order valence-corrected chi connectivity index (χ1v) is 11.6. The van der Waals surface area contributed by atoms with E-state index in [2.05, 4.69) is 0 Å². The fourth-order valence-corrected chi connectivity index (χ4v) is 5.17. The number of amides is 2. The monoisotopic (exact) mass is 461 g/mol. The van der Waals surface area contributed by atoms with Gasteiger partial charge in [-0.05, 0) is 62.0 Å². The first-order valence-electron chi connectivity index (χ1n) is 11.6. The molecule has 3 rings (SSSR count). The van der Waals surface area contributed by atoms with Crippen molar-refractivity contribution in [3.05, 3.63) is 40.4 Å². The van der Waals surface area contributed by atoms with Gasteiger partial charge in [-0.2, -0.15) is 0 Å². The highest BCUT2D eigenvalue weighted by atomic mass is 16.5. The summed E-state index contributed by atoms with van der Waals surface area (Å²) in [6.45, 7) is 3.98. The van der Waals surface area contributed by atoms with Crippen molar-refractivity contribution in [2.75, 3.05) is 26.9 Å². The van der Waals surface area contributed by atoms with Crippen LogP contribution in [-0.4, -0.2) is 65.0 Å². The summed E-state index contributed by atoms with van der Waals surface area (Å²) in [4.78, 5) is 27.3. The van der Waals surface area contributed by atoms with E-state index in [4.69, 9.17) is 14.3 Å². The summed E-state index contributed by atoms with van der Waals surface area (Å²) >= 11 is 0. The molecule has 2 amide bonds. The molecule has 0 spiro atoms. The molecule has 1 aromatic heterocycles. The van der Waals surface area contributed by atoms with E-state index >= 15 is 0 Å². The van der Waals surface area contributed by atoms with Crippen LogP contribution in [0.1, 0.15) is 51.1 Å². The van der Waals surface area contributed by atoms with Crippen molar-refractivity contribution in [1.29, 1.82) is 0 Å². The van der Waals surface area contributed by atoms with Gasteiger partial charge in [-0.1, -0.05) is 12.5 Å². The molecule has 1 saturated heterocycles. The average Bonchev–Trinajstić information content (AvgIpc) is 3.35. The molecule has 0 radical (unpaired) electrons. The second kappa shape index (κ2) is 11.2. The smallest absolute Gasteiger partial charge is 0.233 e. The number of methoxy groups -OCH3 is 1. The first kappa shape index (κ1) is 25.4. The minimum atomic E-state index is -0.871. The quantitative estimate of drug-likeness (QED) is 0.342. The second-order valence-electron chi connectivity index (χ2n) is 8.95. The lowest BCUT2D eigenvalue weighted by molar-refractivity contribution is -0.140. The van der Waals surface area contributed by atoms with Crippen LogP contribution in [0.5, 0.6) is 0 Å². The van der Waals surface area contributed by atoms with E-state index in [0.29, 0.717) is 49.3 Å². The number of ether oxygens (including phenoxy) is 1. The number of aliphatic hydroxyl groups excluding tert-OH is 3. The summed E-state index contributed by atoms with van der Waals surface area (Å²) in [5.41, 5.74) is 2.41. The fraction of sp³-hybridized carbons (Fsp3) is 0.600. The van der Waals surface area contributed by atoms with Gasteiger partial charge in [0.2, 0.25) is 11.8 Å². The molecule has 3 N–H and O–H groups in total. The van der Waals surface area contributed by atoms with Crippen LogP contribution in [0.25, 0.3) is 6.08 Å². The number of hydrogen-bond donors (Lipinski definition) is 3. The maximum absolute atomic E-state index is 13.1. The van der Waals surface area contributed by atoms with E-state index in [1.54, 1.807) is 19.2 Å². The summed E-state index contributed by atoms with van der Waals surface area (Å²) in [5, 5.41) is 30.5. The van der Waals surface area contributed by atoms with Gasteiger partial charge >= 0.3 is 0 Å². The zero-order valence-corrected chi connectivity index (χ0v) is 19.6. The Hall–Kier alpha value is -2.26. The number of allylic oxidation sites excluding steroid dienone is 1. The summed E-state index contributed by atoms with van der Waals surface area (Å²) in [7, 11) is 1.55. The van der Waals surface area contributed by atoms with Gasteiger partial charge in [0.05, 0.1) is 31.2 Å². The molecule has 8 heteroatoms. The summed E-state index contributed by atoms with van der Waals surface area (Å²) in [6.07, 6.45) is 2.99. The first-order chi connectivity index (χ1) is 15.9. The zero-order chi connectivity index (χ0) is 24.1. The van der Waals surface area contributed by atoms with Crippen LogP contribution in [0, 0.1) is 17.8 Å². The molecule has 1 aliphatic heterocycles. The Morgan fingerprint density at radius 1 is 1.30 bits per heavy atom. The third-order valence-corrected chi connectivity index (χ3v) is 6.64. The second-order valence-corrected chi connectivity index (χ2v) is 8.95. The molecule has 8 nitrogen and oxygen atoms in total. The number of carbonyl (C=O) groups is 2. The van der Waals surface area contributed by atoms with Crippen molar-refractivity contribution in [2.45, 2.75) is 52.2 Å². The highest BCUT2D eigenvalue weighted by molar-refractivity contribution is 6.05. The van der Waals surface area contributed by atoms with Crippen LogP contribution in [-0.2, 0) is 20.9 Å². The highest BCUT2D eigenvalue weighted by Crippen LogP contribution is 2.46. The minimum absolute atomic E-state index is 0.163. The summed E-state index contributed by atoms with van der Waals surface area (Å²) in [6, 6.07) is 3.49. The van der Waals surface area contributed by atoms with E-state index in [9.17, 15) is 19.8 Å². The number of imide groups is 1. The number of aliphatic hydroxyl groups is 3. The van der Waals surface area contributed by atoms with E-state index in [1.165, 1.54) is 4.90 Å². The van der Waals surface area contributed by atoms with Crippen molar-refractivity contribution in [2.24, 2.45) is 17.8 Å². The van der Waals surface area contributed by atoms with E-state index in [1.807, 2.05) is 19.9 Å². The van der Waals surface area contributed by atoms with Crippen LogP contribution in [0.4, 0.5) is 0 Å².